The molecule has 0 saturated heterocycles. The number of halogens is 1. The molecule has 1 N–H and O–H groups in total. The lowest BCUT2D eigenvalue weighted by Gasteiger charge is -2.29. The van der Waals surface area contributed by atoms with Gasteiger partial charge >= 0.3 is 0 Å². The molecule has 0 radical (unpaired) electrons. The number of hydrogen-bond donors (Lipinski definition) is 1. The van der Waals surface area contributed by atoms with Gasteiger partial charge in [-0.05, 0) is 44.4 Å². The summed E-state index contributed by atoms with van der Waals surface area (Å²) >= 11 is 0. The number of benzene rings is 1. The van der Waals surface area contributed by atoms with Crippen molar-refractivity contribution in [2.45, 2.75) is 32.7 Å². The van der Waals surface area contributed by atoms with Crippen molar-refractivity contribution in [2.75, 3.05) is 24.5 Å². The van der Waals surface area contributed by atoms with E-state index in [0.29, 0.717) is 6.04 Å². The van der Waals surface area contributed by atoms with Crippen LogP contribution in [0, 0.1) is 11.7 Å². The first-order valence-electron chi connectivity index (χ1n) is 6.99. The predicted octanol–water partition coefficient (Wildman–Crippen LogP) is 3.04. The lowest BCUT2D eigenvalue weighted by atomic mass is 10.1. The van der Waals surface area contributed by atoms with Crippen LogP contribution in [0.2, 0.25) is 0 Å². The van der Waals surface area contributed by atoms with Gasteiger partial charge in [-0.2, -0.15) is 0 Å². The number of nitrogens with one attached hydrogen (secondary N) is 1. The second-order valence-corrected chi connectivity index (χ2v) is 4.99. The van der Waals surface area contributed by atoms with Crippen LogP contribution in [0.3, 0.4) is 0 Å². The fourth-order valence-corrected chi connectivity index (χ4v) is 2.48. The van der Waals surface area contributed by atoms with Crippen molar-refractivity contribution in [2.24, 2.45) is 5.92 Å². The zero-order chi connectivity index (χ0) is 13.0. The largest absolute Gasteiger partial charge is 0.368 e. The molecule has 1 unspecified atom stereocenters. The summed E-state index contributed by atoms with van der Waals surface area (Å²) in [6.45, 7) is 6.94. The number of anilines is 1. The normalized spacial score (nSPS) is 16.6. The fraction of sp³-hybridized carbons (Fsp3) is 0.600. The van der Waals surface area contributed by atoms with E-state index in [0.717, 1.165) is 31.2 Å². The average molecular weight is 250 g/mol. The highest BCUT2D eigenvalue weighted by Crippen LogP contribution is 2.33. The Morgan fingerprint density at radius 3 is 2.61 bits per heavy atom. The molecule has 1 aromatic rings. The molecule has 0 spiro atoms. The Kier molecular flexibility index (Phi) is 4.59. The predicted molar refractivity (Wildman–Crippen MR) is 74.5 cm³/mol. The molecule has 0 aromatic heterocycles. The zero-order valence-corrected chi connectivity index (χ0v) is 11.3. The van der Waals surface area contributed by atoms with Crippen molar-refractivity contribution in [3.05, 3.63) is 30.1 Å². The van der Waals surface area contributed by atoms with Crippen molar-refractivity contribution in [1.82, 2.24) is 5.32 Å². The monoisotopic (exact) mass is 250 g/mol. The molecule has 1 atom stereocenters. The summed E-state index contributed by atoms with van der Waals surface area (Å²) in [6, 6.07) is 7.55. The maximum Gasteiger partial charge on any atom is 0.146 e. The van der Waals surface area contributed by atoms with Crippen LogP contribution >= 0.6 is 0 Å². The first kappa shape index (κ1) is 13.3. The maximum atomic E-state index is 13.8. The third kappa shape index (κ3) is 3.22. The third-order valence-electron chi connectivity index (χ3n) is 3.65. The lowest BCUT2D eigenvalue weighted by molar-refractivity contribution is 0.467. The Bertz CT molecular complexity index is 377. The van der Waals surface area contributed by atoms with Crippen molar-refractivity contribution < 1.29 is 4.39 Å². The smallest absolute Gasteiger partial charge is 0.146 e. The van der Waals surface area contributed by atoms with Crippen LogP contribution in [-0.2, 0) is 0 Å². The van der Waals surface area contributed by atoms with Crippen LogP contribution in [0.25, 0.3) is 0 Å². The van der Waals surface area contributed by atoms with Gasteiger partial charge in [0.25, 0.3) is 0 Å². The molecular formula is C15H23FN2. The summed E-state index contributed by atoms with van der Waals surface area (Å²) in [5.41, 5.74) is 0.726. The highest BCUT2D eigenvalue weighted by atomic mass is 19.1. The van der Waals surface area contributed by atoms with Crippen molar-refractivity contribution in [3.8, 4) is 0 Å². The minimum atomic E-state index is -0.120. The van der Waals surface area contributed by atoms with Crippen molar-refractivity contribution in [3.63, 3.8) is 0 Å². The summed E-state index contributed by atoms with van der Waals surface area (Å²) in [7, 11) is 0. The Hall–Kier alpha value is -1.09. The summed E-state index contributed by atoms with van der Waals surface area (Å²) < 4.78 is 13.8. The molecule has 1 aliphatic rings. The molecule has 0 amide bonds. The van der Waals surface area contributed by atoms with Gasteiger partial charge in [0.15, 0.2) is 0 Å². The van der Waals surface area contributed by atoms with Crippen LogP contribution in [0.5, 0.6) is 0 Å². The van der Waals surface area contributed by atoms with E-state index in [1.165, 1.54) is 18.9 Å². The Balaban J connectivity index is 2.06. The van der Waals surface area contributed by atoms with Crippen LogP contribution in [-0.4, -0.2) is 25.7 Å². The first-order chi connectivity index (χ1) is 8.76. The van der Waals surface area contributed by atoms with Crippen LogP contribution in [0.15, 0.2) is 24.3 Å². The van der Waals surface area contributed by atoms with E-state index in [-0.39, 0.29) is 5.82 Å². The second kappa shape index (κ2) is 6.19. The Labute approximate surface area is 109 Å². The molecule has 2 rings (SSSR count). The van der Waals surface area contributed by atoms with Gasteiger partial charge in [-0.1, -0.05) is 19.1 Å². The summed E-state index contributed by atoms with van der Waals surface area (Å²) in [4.78, 5) is 2.14. The summed E-state index contributed by atoms with van der Waals surface area (Å²) in [5.74, 6) is 0.663. The topological polar surface area (TPSA) is 15.3 Å². The summed E-state index contributed by atoms with van der Waals surface area (Å²) in [6.07, 6.45) is 2.62. The number of nitrogens with zero attached hydrogens (tertiary/aromatic N) is 1. The van der Waals surface area contributed by atoms with Crippen molar-refractivity contribution >= 4 is 5.69 Å². The minimum absolute atomic E-state index is 0.120. The summed E-state index contributed by atoms with van der Waals surface area (Å²) in [5, 5.41) is 3.53. The molecule has 2 nitrogen and oxygen atoms in total. The van der Waals surface area contributed by atoms with E-state index < -0.39 is 0 Å². The van der Waals surface area contributed by atoms with E-state index in [2.05, 4.69) is 24.1 Å². The minimum Gasteiger partial charge on any atom is -0.368 e. The molecule has 0 heterocycles. The molecule has 100 valence electrons. The van der Waals surface area contributed by atoms with Gasteiger partial charge in [0, 0.05) is 19.1 Å². The van der Waals surface area contributed by atoms with Gasteiger partial charge < -0.3 is 10.2 Å². The van der Waals surface area contributed by atoms with Gasteiger partial charge in [-0.15, -0.1) is 0 Å². The number of likely N-dealkylation sites (N-methyl/N-ethyl adjacent to an activating group) is 2. The van der Waals surface area contributed by atoms with E-state index >= 15 is 0 Å². The van der Waals surface area contributed by atoms with Gasteiger partial charge in [0.05, 0.1) is 5.69 Å². The highest BCUT2D eigenvalue weighted by molar-refractivity contribution is 5.47. The Morgan fingerprint density at radius 2 is 2.06 bits per heavy atom. The van der Waals surface area contributed by atoms with Crippen LogP contribution in [0.4, 0.5) is 10.1 Å². The van der Waals surface area contributed by atoms with Gasteiger partial charge in [-0.3, -0.25) is 0 Å². The van der Waals surface area contributed by atoms with Crippen molar-refractivity contribution in [1.29, 1.82) is 0 Å². The third-order valence-corrected chi connectivity index (χ3v) is 3.65. The lowest BCUT2D eigenvalue weighted by Crippen LogP contribution is -2.42. The standard InChI is InChI=1S/C15H23FN2/c1-3-17-14(12-9-10-12)11-18(4-2)15-8-6-5-7-13(15)16/h5-8,12,14,17H,3-4,9-11H2,1-2H3. The Morgan fingerprint density at radius 1 is 1.33 bits per heavy atom. The molecule has 1 saturated carbocycles. The molecular weight excluding hydrogens is 227 g/mol. The molecule has 18 heavy (non-hydrogen) atoms. The molecule has 3 heteroatoms. The molecule has 0 aliphatic heterocycles. The van der Waals surface area contributed by atoms with E-state index in [1.807, 2.05) is 12.1 Å². The molecule has 1 aromatic carbocycles. The number of para-hydroxylation sites is 1. The number of rotatable bonds is 7. The van der Waals surface area contributed by atoms with E-state index in [1.54, 1.807) is 6.07 Å². The first-order valence-corrected chi connectivity index (χ1v) is 6.99. The molecule has 1 aliphatic carbocycles. The van der Waals surface area contributed by atoms with Gasteiger partial charge in [0.2, 0.25) is 0 Å². The SMILES string of the molecule is CCNC(CN(CC)c1ccccc1F)C1CC1. The second-order valence-electron chi connectivity index (χ2n) is 4.99. The van der Waals surface area contributed by atoms with Gasteiger partial charge in [0.1, 0.15) is 5.82 Å². The quantitative estimate of drug-likeness (QED) is 0.800. The molecule has 0 bridgehead atoms. The highest BCUT2D eigenvalue weighted by Gasteiger charge is 2.31. The zero-order valence-electron chi connectivity index (χ0n) is 11.3. The molecule has 1 fully saturated rings. The maximum absolute atomic E-state index is 13.8. The fourth-order valence-electron chi connectivity index (χ4n) is 2.48. The number of hydrogen-bond acceptors (Lipinski definition) is 2. The van der Waals surface area contributed by atoms with Crippen LogP contribution in [0.1, 0.15) is 26.7 Å². The average Bonchev–Trinajstić information content (AvgIpc) is 3.20. The van der Waals surface area contributed by atoms with E-state index in [9.17, 15) is 4.39 Å². The van der Waals surface area contributed by atoms with Crippen LogP contribution < -0.4 is 10.2 Å². The van der Waals surface area contributed by atoms with E-state index in [4.69, 9.17) is 0 Å². The van der Waals surface area contributed by atoms with Gasteiger partial charge in [-0.25, -0.2) is 4.39 Å².